The molecule has 0 aromatic carbocycles. The average Bonchev–Trinajstić information content (AvgIpc) is 3.25. The first-order valence-electron chi connectivity index (χ1n) is 7.72. The highest BCUT2D eigenvalue weighted by molar-refractivity contribution is 5.77. The van der Waals surface area contributed by atoms with Crippen molar-refractivity contribution in [3.8, 4) is 0 Å². The van der Waals surface area contributed by atoms with Crippen molar-refractivity contribution in [1.29, 1.82) is 0 Å². The van der Waals surface area contributed by atoms with Crippen LogP contribution in [-0.2, 0) is 14.9 Å². The van der Waals surface area contributed by atoms with Gasteiger partial charge in [0.15, 0.2) is 5.89 Å². The number of carbonyl (C=O) groups is 1. The van der Waals surface area contributed by atoms with Gasteiger partial charge >= 0.3 is 5.97 Å². The van der Waals surface area contributed by atoms with Gasteiger partial charge in [0.2, 0.25) is 0 Å². The highest BCUT2D eigenvalue weighted by Gasteiger charge is 2.55. The third-order valence-electron chi connectivity index (χ3n) is 5.84. The summed E-state index contributed by atoms with van der Waals surface area (Å²) >= 11 is 0. The average molecular weight is 275 g/mol. The summed E-state index contributed by atoms with van der Waals surface area (Å²) in [6, 6.07) is 0. The largest absolute Gasteiger partial charge is 0.469 e. The standard InChI is InChI=1S/C16H21NO3/c1-19-14(18)16-7-4-15(5-8-16,6-9-16)13-17-12(10-20-13)11-2-3-11/h10-11H,2-9H2,1H3. The highest BCUT2D eigenvalue weighted by atomic mass is 16.5. The Bertz CT molecular complexity index is 519. The number of hydrogen-bond donors (Lipinski definition) is 0. The molecule has 4 heteroatoms. The van der Waals surface area contributed by atoms with Crippen LogP contribution in [0.15, 0.2) is 10.7 Å². The molecule has 1 heterocycles. The maximum absolute atomic E-state index is 12.0. The van der Waals surface area contributed by atoms with Gasteiger partial charge in [0.05, 0.1) is 18.2 Å². The predicted molar refractivity (Wildman–Crippen MR) is 72.3 cm³/mol. The summed E-state index contributed by atoms with van der Waals surface area (Å²) in [5, 5.41) is 0. The Hall–Kier alpha value is -1.32. The van der Waals surface area contributed by atoms with Crippen LogP contribution in [0.5, 0.6) is 0 Å². The molecule has 4 nitrogen and oxygen atoms in total. The van der Waals surface area contributed by atoms with Crippen LogP contribution < -0.4 is 0 Å². The van der Waals surface area contributed by atoms with Crippen LogP contribution in [-0.4, -0.2) is 18.1 Å². The zero-order valence-electron chi connectivity index (χ0n) is 12.0. The number of methoxy groups -OCH3 is 1. The molecule has 2 bridgehead atoms. The van der Waals surface area contributed by atoms with E-state index in [2.05, 4.69) is 0 Å². The number of fused-ring (bicyclic) bond motifs is 3. The van der Waals surface area contributed by atoms with Gasteiger partial charge in [0.1, 0.15) is 6.26 Å². The van der Waals surface area contributed by atoms with Crippen molar-refractivity contribution in [1.82, 2.24) is 4.98 Å². The third-order valence-corrected chi connectivity index (χ3v) is 5.84. The van der Waals surface area contributed by atoms with Crippen molar-refractivity contribution in [2.24, 2.45) is 5.41 Å². The maximum Gasteiger partial charge on any atom is 0.311 e. The summed E-state index contributed by atoms with van der Waals surface area (Å²) in [4.78, 5) is 16.8. The Morgan fingerprint density at radius 1 is 1.25 bits per heavy atom. The van der Waals surface area contributed by atoms with Gasteiger partial charge in [-0.1, -0.05) is 0 Å². The van der Waals surface area contributed by atoms with E-state index in [0.717, 1.165) is 50.1 Å². The first-order chi connectivity index (χ1) is 9.67. The number of aromatic nitrogens is 1. The second-order valence-corrected chi connectivity index (χ2v) is 6.90. The lowest BCUT2D eigenvalue weighted by Gasteiger charge is -2.50. The van der Waals surface area contributed by atoms with Gasteiger partial charge in [-0.05, 0) is 51.4 Å². The summed E-state index contributed by atoms with van der Waals surface area (Å²) in [7, 11) is 1.50. The molecule has 0 saturated heterocycles. The number of rotatable bonds is 3. The van der Waals surface area contributed by atoms with Crippen LogP contribution >= 0.6 is 0 Å². The number of ether oxygens (including phenoxy) is 1. The molecule has 20 heavy (non-hydrogen) atoms. The Kier molecular flexibility index (Phi) is 2.54. The first-order valence-corrected chi connectivity index (χ1v) is 7.72. The van der Waals surface area contributed by atoms with Gasteiger partial charge in [-0.2, -0.15) is 0 Å². The first kappa shape index (κ1) is 12.4. The minimum Gasteiger partial charge on any atom is -0.469 e. The molecule has 108 valence electrons. The molecule has 0 N–H and O–H groups in total. The van der Waals surface area contributed by atoms with Crippen LogP contribution in [0.1, 0.15) is 68.9 Å². The van der Waals surface area contributed by atoms with E-state index in [-0.39, 0.29) is 16.8 Å². The molecular formula is C16H21NO3. The molecule has 0 aliphatic heterocycles. The van der Waals surface area contributed by atoms with Crippen LogP contribution in [0.4, 0.5) is 0 Å². The van der Waals surface area contributed by atoms with E-state index >= 15 is 0 Å². The number of oxazole rings is 1. The van der Waals surface area contributed by atoms with Crippen LogP contribution in [0, 0.1) is 5.41 Å². The van der Waals surface area contributed by atoms with Gasteiger partial charge in [-0.15, -0.1) is 0 Å². The van der Waals surface area contributed by atoms with E-state index in [0.29, 0.717) is 5.92 Å². The highest BCUT2D eigenvalue weighted by Crippen LogP contribution is 2.58. The maximum atomic E-state index is 12.0. The van der Waals surface area contributed by atoms with Gasteiger partial charge in [-0.3, -0.25) is 4.79 Å². The van der Waals surface area contributed by atoms with Crippen LogP contribution in [0.25, 0.3) is 0 Å². The van der Waals surface area contributed by atoms with E-state index in [1.807, 2.05) is 6.26 Å². The summed E-state index contributed by atoms with van der Waals surface area (Å²) in [5.41, 5.74) is 1.01. The molecule has 4 saturated carbocycles. The van der Waals surface area contributed by atoms with Crippen molar-refractivity contribution in [3.05, 3.63) is 17.8 Å². The lowest BCUT2D eigenvalue weighted by molar-refractivity contribution is -0.160. The molecule has 4 aliphatic rings. The second-order valence-electron chi connectivity index (χ2n) is 6.90. The summed E-state index contributed by atoms with van der Waals surface area (Å²) < 4.78 is 10.8. The zero-order valence-corrected chi connectivity index (χ0v) is 12.0. The van der Waals surface area contributed by atoms with E-state index < -0.39 is 0 Å². The molecule has 1 aromatic rings. The summed E-state index contributed by atoms with van der Waals surface area (Å²) in [6.07, 6.45) is 10.1. The Morgan fingerprint density at radius 3 is 2.45 bits per heavy atom. The monoisotopic (exact) mass is 275 g/mol. The van der Waals surface area contributed by atoms with Crippen molar-refractivity contribution in [2.75, 3.05) is 7.11 Å². The topological polar surface area (TPSA) is 52.3 Å². The fraction of sp³-hybridized carbons (Fsp3) is 0.750. The number of esters is 1. The quantitative estimate of drug-likeness (QED) is 0.794. The molecular weight excluding hydrogens is 254 g/mol. The van der Waals surface area contributed by atoms with Gasteiger partial charge in [-0.25, -0.2) is 4.98 Å². The van der Waals surface area contributed by atoms with E-state index in [1.165, 1.54) is 20.0 Å². The molecule has 4 fully saturated rings. The van der Waals surface area contributed by atoms with E-state index in [9.17, 15) is 4.79 Å². The van der Waals surface area contributed by atoms with Gasteiger partial charge in [0, 0.05) is 11.3 Å². The molecule has 0 atom stereocenters. The van der Waals surface area contributed by atoms with Crippen molar-refractivity contribution in [2.45, 2.75) is 62.7 Å². The fourth-order valence-corrected chi connectivity index (χ4v) is 4.13. The zero-order chi connectivity index (χ0) is 13.8. The van der Waals surface area contributed by atoms with Crippen molar-refractivity contribution in [3.63, 3.8) is 0 Å². The normalized spacial score (nSPS) is 36.0. The van der Waals surface area contributed by atoms with Gasteiger partial charge in [0.25, 0.3) is 0 Å². The third kappa shape index (κ3) is 1.66. The van der Waals surface area contributed by atoms with E-state index in [1.54, 1.807) is 0 Å². The Morgan fingerprint density at radius 2 is 1.90 bits per heavy atom. The molecule has 1 aromatic heterocycles. The van der Waals surface area contributed by atoms with Crippen molar-refractivity contribution < 1.29 is 13.9 Å². The van der Waals surface area contributed by atoms with Gasteiger partial charge < -0.3 is 9.15 Å². The number of nitrogens with zero attached hydrogens (tertiary/aromatic N) is 1. The summed E-state index contributed by atoms with van der Waals surface area (Å²) in [6.45, 7) is 0. The number of hydrogen-bond acceptors (Lipinski definition) is 4. The molecule has 0 unspecified atom stereocenters. The molecule has 4 aliphatic carbocycles. The van der Waals surface area contributed by atoms with Crippen LogP contribution in [0.3, 0.4) is 0 Å². The SMILES string of the molecule is COC(=O)C12CCC(c3nc(C4CC4)co3)(CC1)CC2. The minimum absolute atomic E-state index is 0.0168. The number of carbonyl (C=O) groups excluding carboxylic acids is 1. The molecule has 0 amide bonds. The predicted octanol–water partition coefficient (Wildman–Crippen LogP) is 3.32. The molecule has 0 radical (unpaired) electrons. The minimum atomic E-state index is -0.220. The summed E-state index contributed by atoms with van der Waals surface area (Å²) in [5.74, 6) is 1.56. The Balaban J connectivity index is 1.57. The second kappa shape index (κ2) is 4.09. The lowest BCUT2D eigenvalue weighted by Crippen LogP contribution is -2.48. The fourth-order valence-electron chi connectivity index (χ4n) is 4.13. The molecule has 5 rings (SSSR count). The van der Waals surface area contributed by atoms with E-state index in [4.69, 9.17) is 14.1 Å². The van der Waals surface area contributed by atoms with Crippen LogP contribution in [0.2, 0.25) is 0 Å². The smallest absolute Gasteiger partial charge is 0.311 e. The van der Waals surface area contributed by atoms with Crippen molar-refractivity contribution >= 4 is 5.97 Å². The molecule has 0 spiro atoms. The lowest BCUT2D eigenvalue weighted by atomic mass is 9.53. The Labute approximate surface area is 118 Å².